The maximum absolute atomic E-state index is 13.1. The van der Waals surface area contributed by atoms with E-state index in [-0.39, 0.29) is 11.8 Å². The van der Waals surface area contributed by atoms with Crippen molar-refractivity contribution < 1.29 is 4.39 Å². The zero-order valence-corrected chi connectivity index (χ0v) is 9.91. The van der Waals surface area contributed by atoms with Gasteiger partial charge in [0, 0.05) is 4.90 Å². The summed E-state index contributed by atoms with van der Waals surface area (Å²) in [6.45, 7) is 0. The summed E-state index contributed by atoms with van der Waals surface area (Å²) in [7, 11) is 0. The van der Waals surface area contributed by atoms with E-state index in [4.69, 9.17) is 5.73 Å². The molecule has 0 unspecified atom stereocenters. The predicted molar refractivity (Wildman–Crippen MR) is 66.6 cm³/mol. The lowest BCUT2D eigenvalue weighted by Crippen LogP contribution is -1.96. The summed E-state index contributed by atoms with van der Waals surface area (Å²) in [6.07, 6.45) is 1.52. The second-order valence-electron chi connectivity index (χ2n) is 3.55. The molecule has 3 rings (SSSR count). The van der Waals surface area contributed by atoms with Crippen LogP contribution in [0.2, 0.25) is 0 Å². The molecular weight excluding hydrogens is 253 g/mol. The van der Waals surface area contributed by atoms with E-state index >= 15 is 0 Å². The molecule has 0 radical (unpaired) electrons. The molecule has 2 heterocycles. The van der Waals surface area contributed by atoms with Crippen molar-refractivity contribution in [1.82, 2.24) is 19.9 Å². The normalized spacial score (nSPS) is 10.9. The van der Waals surface area contributed by atoms with Gasteiger partial charge in [-0.05, 0) is 18.2 Å². The lowest BCUT2D eigenvalue weighted by atomic mass is 10.4. The number of hydrogen-bond acceptors (Lipinski definition) is 5. The fourth-order valence-corrected chi connectivity index (χ4v) is 2.47. The van der Waals surface area contributed by atoms with Gasteiger partial charge in [0.2, 0.25) is 5.95 Å². The molecule has 7 heteroatoms. The van der Waals surface area contributed by atoms with Crippen LogP contribution < -0.4 is 5.73 Å². The summed E-state index contributed by atoms with van der Waals surface area (Å²) >= 11 is 1.31. The van der Waals surface area contributed by atoms with Gasteiger partial charge in [0.15, 0.2) is 5.65 Å². The van der Waals surface area contributed by atoms with E-state index in [9.17, 15) is 4.39 Å². The summed E-state index contributed by atoms with van der Waals surface area (Å²) in [6, 6.07) is 6.27. The van der Waals surface area contributed by atoms with E-state index in [1.165, 1.54) is 30.2 Å². The molecular formula is C11H8FN5S. The number of nitrogen functional groups attached to an aromatic ring is 1. The minimum absolute atomic E-state index is 0.147. The minimum Gasteiger partial charge on any atom is -0.368 e. The number of imidazole rings is 1. The molecule has 0 spiro atoms. The van der Waals surface area contributed by atoms with Gasteiger partial charge in [-0.1, -0.05) is 17.8 Å². The molecule has 0 amide bonds. The van der Waals surface area contributed by atoms with Crippen molar-refractivity contribution in [1.29, 1.82) is 0 Å². The number of aromatic amines is 1. The van der Waals surface area contributed by atoms with Crippen LogP contribution in [0.3, 0.4) is 0 Å². The van der Waals surface area contributed by atoms with Crippen LogP contribution >= 0.6 is 11.8 Å². The Kier molecular flexibility index (Phi) is 2.60. The van der Waals surface area contributed by atoms with Gasteiger partial charge >= 0.3 is 0 Å². The smallest absolute Gasteiger partial charge is 0.223 e. The molecule has 2 aromatic heterocycles. The van der Waals surface area contributed by atoms with Crippen molar-refractivity contribution in [2.45, 2.75) is 9.92 Å². The summed E-state index contributed by atoms with van der Waals surface area (Å²) in [5.41, 5.74) is 6.80. The first-order valence-corrected chi connectivity index (χ1v) is 5.94. The number of nitrogens with two attached hydrogens (primary N) is 1. The standard InChI is InChI=1S/C11H8FN5S/c12-6-2-1-3-7(4-6)18-10-8-9(15-5-14-8)16-11(13)17-10/h1-5H,(H3,13,14,15,16,17). The zero-order valence-electron chi connectivity index (χ0n) is 9.09. The summed E-state index contributed by atoms with van der Waals surface area (Å²) in [5, 5.41) is 0.626. The molecule has 0 aliphatic rings. The first-order chi connectivity index (χ1) is 8.72. The molecule has 5 nitrogen and oxygen atoms in total. The van der Waals surface area contributed by atoms with Crippen LogP contribution in [0.25, 0.3) is 11.2 Å². The molecule has 0 atom stereocenters. The first kappa shape index (κ1) is 11.0. The Morgan fingerprint density at radius 3 is 3.00 bits per heavy atom. The molecule has 18 heavy (non-hydrogen) atoms. The minimum atomic E-state index is -0.289. The van der Waals surface area contributed by atoms with E-state index in [0.29, 0.717) is 16.2 Å². The molecule has 0 bridgehead atoms. The van der Waals surface area contributed by atoms with E-state index in [1.807, 2.05) is 0 Å². The summed E-state index contributed by atoms with van der Waals surface area (Å²) in [4.78, 5) is 15.8. The average Bonchev–Trinajstić information content (AvgIpc) is 2.77. The van der Waals surface area contributed by atoms with Crippen LogP contribution in [0.1, 0.15) is 0 Å². The second kappa shape index (κ2) is 4.26. The maximum atomic E-state index is 13.1. The number of rotatable bonds is 2. The third-order valence-corrected chi connectivity index (χ3v) is 3.26. The highest BCUT2D eigenvalue weighted by atomic mass is 32.2. The number of fused-ring (bicyclic) bond motifs is 1. The largest absolute Gasteiger partial charge is 0.368 e. The van der Waals surface area contributed by atoms with Crippen molar-refractivity contribution in [2.24, 2.45) is 0 Å². The fourth-order valence-electron chi connectivity index (χ4n) is 1.54. The Labute approximate surface area is 106 Å². The monoisotopic (exact) mass is 261 g/mol. The number of benzene rings is 1. The number of nitrogens with one attached hydrogen (secondary N) is 1. The Balaban J connectivity index is 2.06. The molecule has 3 aromatic rings. The number of anilines is 1. The van der Waals surface area contributed by atoms with Crippen LogP contribution in [0, 0.1) is 5.82 Å². The summed E-state index contributed by atoms with van der Waals surface area (Å²) in [5.74, 6) is -0.142. The molecule has 0 saturated heterocycles. The van der Waals surface area contributed by atoms with Crippen molar-refractivity contribution in [2.75, 3.05) is 5.73 Å². The first-order valence-electron chi connectivity index (χ1n) is 5.12. The Hall–Kier alpha value is -2.15. The summed E-state index contributed by atoms with van der Waals surface area (Å²) < 4.78 is 13.1. The number of H-pyrrole nitrogens is 1. The Morgan fingerprint density at radius 1 is 1.28 bits per heavy atom. The molecule has 1 aromatic carbocycles. The SMILES string of the molecule is Nc1nc(Sc2cccc(F)c2)c2[nH]cnc2n1. The Morgan fingerprint density at radius 2 is 2.17 bits per heavy atom. The van der Waals surface area contributed by atoms with Crippen molar-refractivity contribution >= 4 is 28.9 Å². The second-order valence-corrected chi connectivity index (χ2v) is 4.61. The molecule has 0 aliphatic heterocycles. The van der Waals surface area contributed by atoms with Gasteiger partial charge in [0.05, 0.1) is 6.33 Å². The molecule has 0 saturated carbocycles. The molecule has 90 valence electrons. The molecule has 0 fully saturated rings. The highest BCUT2D eigenvalue weighted by Crippen LogP contribution is 2.30. The van der Waals surface area contributed by atoms with Gasteiger partial charge in [-0.15, -0.1) is 0 Å². The van der Waals surface area contributed by atoms with Gasteiger partial charge in [-0.2, -0.15) is 4.98 Å². The highest BCUT2D eigenvalue weighted by Gasteiger charge is 2.10. The van der Waals surface area contributed by atoms with Crippen molar-refractivity contribution in [3.8, 4) is 0 Å². The van der Waals surface area contributed by atoms with Crippen LogP contribution in [-0.4, -0.2) is 19.9 Å². The maximum Gasteiger partial charge on any atom is 0.223 e. The number of hydrogen-bond donors (Lipinski definition) is 2. The molecule has 0 aliphatic carbocycles. The van der Waals surface area contributed by atoms with E-state index in [2.05, 4.69) is 19.9 Å². The topological polar surface area (TPSA) is 80.5 Å². The average molecular weight is 261 g/mol. The van der Waals surface area contributed by atoms with Gasteiger partial charge < -0.3 is 10.7 Å². The van der Waals surface area contributed by atoms with Crippen LogP contribution in [0.5, 0.6) is 0 Å². The van der Waals surface area contributed by atoms with Crippen LogP contribution in [0.15, 0.2) is 40.5 Å². The quantitative estimate of drug-likeness (QED) is 0.691. The number of aromatic nitrogens is 4. The van der Waals surface area contributed by atoms with Gasteiger partial charge in [0.1, 0.15) is 16.4 Å². The van der Waals surface area contributed by atoms with E-state index in [0.717, 1.165) is 4.90 Å². The lowest BCUT2D eigenvalue weighted by Gasteiger charge is -2.02. The van der Waals surface area contributed by atoms with Gasteiger partial charge in [0.25, 0.3) is 0 Å². The number of halogens is 1. The van der Waals surface area contributed by atoms with Gasteiger partial charge in [-0.3, -0.25) is 0 Å². The molecule has 3 N–H and O–H groups in total. The van der Waals surface area contributed by atoms with E-state index in [1.54, 1.807) is 12.1 Å². The highest BCUT2D eigenvalue weighted by molar-refractivity contribution is 7.99. The van der Waals surface area contributed by atoms with Crippen LogP contribution in [0.4, 0.5) is 10.3 Å². The number of nitrogens with zero attached hydrogens (tertiary/aromatic N) is 3. The fraction of sp³-hybridized carbons (Fsp3) is 0. The predicted octanol–water partition coefficient (Wildman–Crippen LogP) is 2.23. The Bertz CT molecular complexity index is 711. The third-order valence-electron chi connectivity index (χ3n) is 2.28. The van der Waals surface area contributed by atoms with Crippen molar-refractivity contribution in [3.63, 3.8) is 0 Å². The van der Waals surface area contributed by atoms with Crippen molar-refractivity contribution in [3.05, 3.63) is 36.4 Å². The van der Waals surface area contributed by atoms with Crippen LogP contribution in [-0.2, 0) is 0 Å². The zero-order chi connectivity index (χ0) is 12.5. The third kappa shape index (κ3) is 2.00. The van der Waals surface area contributed by atoms with E-state index < -0.39 is 0 Å². The lowest BCUT2D eigenvalue weighted by molar-refractivity contribution is 0.624. The van der Waals surface area contributed by atoms with Gasteiger partial charge in [-0.25, -0.2) is 14.4 Å².